The van der Waals surface area contributed by atoms with E-state index >= 15 is 0 Å². The van der Waals surface area contributed by atoms with Gasteiger partial charge in [0.2, 0.25) is 5.52 Å². The van der Waals surface area contributed by atoms with Crippen LogP contribution in [0.3, 0.4) is 0 Å². The van der Waals surface area contributed by atoms with E-state index < -0.39 is 0 Å². The Morgan fingerprint density at radius 3 is 2.34 bits per heavy atom. The number of hydrogen-bond acceptors (Lipinski definition) is 1. The lowest BCUT2D eigenvalue weighted by Crippen LogP contribution is -2.33. The number of aryl methyl sites for hydroxylation is 2. The Balaban J connectivity index is 1.84. The first kappa shape index (κ1) is 21.0. The number of hydrogen-bond donors (Lipinski definition) is 0. The molecule has 0 unspecified atom stereocenters. The summed E-state index contributed by atoms with van der Waals surface area (Å²) in [5.41, 5.74) is 9.19. The fourth-order valence-electron chi connectivity index (χ4n) is 5.19. The van der Waals surface area contributed by atoms with E-state index in [0.717, 1.165) is 17.9 Å². The van der Waals surface area contributed by atoms with Gasteiger partial charge in [0.05, 0.1) is 10.9 Å². The first-order chi connectivity index (χ1) is 15.0. The second-order valence-electron chi connectivity index (χ2n) is 11.0. The molecule has 2 nitrogen and oxygen atoms in total. The normalized spacial score (nSPS) is 13.0. The molecule has 0 N–H and O–H groups in total. The number of aromatic nitrogens is 1. The van der Waals surface area contributed by atoms with Gasteiger partial charge in [-0.05, 0) is 71.4 Å². The highest BCUT2D eigenvalue weighted by atomic mass is 16.5. The molecule has 0 amide bonds. The molecule has 2 heterocycles. The molecule has 4 aromatic rings. The Labute approximate surface area is 191 Å². The number of nitrogens with zero attached hydrogens (tertiary/aromatic N) is 1. The lowest BCUT2D eigenvalue weighted by Gasteiger charge is -2.24. The minimum atomic E-state index is 0.112. The van der Waals surface area contributed by atoms with Crippen molar-refractivity contribution >= 4 is 21.7 Å². The second kappa shape index (κ2) is 7.07. The van der Waals surface area contributed by atoms with Crippen LogP contribution in [0.4, 0.5) is 0 Å². The van der Waals surface area contributed by atoms with Crippen LogP contribution in [0.1, 0.15) is 56.9 Å². The fourth-order valence-corrected chi connectivity index (χ4v) is 5.19. The molecule has 32 heavy (non-hydrogen) atoms. The Morgan fingerprint density at radius 1 is 0.906 bits per heavy atom. The highest BCUT2D eigenvalue weighted by Gasteiger charge is 2.32. The van der Waals surface area contributed by atoms with Crippen molar-refractivity contribution in [1.29, 1.82) is 0 Å². The van der Waals surface area contributed by atoms with Crippen molar-refractivity contribution in [2.75, 3.05) is 0 Å². The Hall–Kier alpha value is -2.87. The van der Waals surface area contributed by atoms with E-state index in [9.17, 15) is 0 Å². The van der Waals surface area contributed by atoms with Gasteiger partial charge < -0.3 is 4.74 Å². The molecule has 0 bridgehead atoms. The summed E-state index contributed by atoms with van der Waals surface area (Å²) in [5, 5.41) is 3.75. The maximum atomic E-state index is 6.66. The monoisotopic (exact) mass is 424 g/mol. The van der Waals surface area contributed by atoms with Crippen LogP contribution in [-0.2, 0) is 18.9 Å². The van der Waals surface area contributed by atoms with Crippen molar-refractivity contribution in [1.82, 2.24) is 0 Å². The van der Waals surface area contributed by atoms with E-state index in [4.69, 9.17) is 4.74 Å². The zero-order valence-corrected chi connectivity index (χ0v) is 20.7. The predicted octanol–water partition coefficient (Wildman–Crippen LogP) is 7.70. The summed E-state index contributed by atoms with van der Waals surface area (Å²) in [4.78, 5) is 0. The van der Waals surface area contributed by atoms with Gasteiger partial charge in [-0.3, -0.25) is 0 Å². The van der Waals surface area contributed by atoms with E-state index in [1.807, 2.05) is 0 Å². The molecule has 0 atom stereocenters. The van der Waals surface area contributed by atoms with E-state index in [1.54, 1.807) is 0 Å². The molecule has 0 fully saturated rings. The highest BCUT2D eigenvalue weighted by Crippen LogP contribution is 2.48. The van der Waals surface area contributed by atoms with Gasteiger partial charge in [0.25, 0.3) is 5.69 Å². The van der Waals surface area contributed by atoms with Crippen molar-refractivity contribution < 1.29 is 9.30 Å². The molecular weight excluding hydrogens is 390 g/mol. The number of ether oxygens (including phenoxy) is 1. The number of pyridine rings is 1. The first-order valence-electron chi connectivity index (χ1n) is 11.8. The van der Waals surface area contributed by atoms with Gasteiger partial charge in [0.1, 0.15) is 12.8 Å². The van der Waals surface area contributed by atoms with Gasteiger partial charge in [-0.15, -0.1) is 0 Å². The summed E-state index contributed by atoms with van der Waals surface area (Å²) >= 11 is 0. The van der Waals surface area contributed by atoms with Crippen molar-refractivity contribution in [3.63, 3.8) is 0 Å². The molecular formula is C30H34NO+. The minimum absolute atomic E-state index is 0.112. The van der Waals surface area contributed by atoms with Crippen molar-refractivity contribution in [2.24, 2.45) is 13.0 Å². The lowest BCUT2D eigenvalue weighted by atomic mass is 9.85. The third-order valence-corrected chi connectivity index (χ3v) is 6.99. The largest absolute Gasteiger partial charge is 0.450 e. The van der Waals surface area contributed by atoms with Crippen LogP contribution in [0, 0.1) is 19.8 Å². The predicted molar refractivity (Wildman–Crippen MR) is 135 cm³/mol. The Kier molecular flexibility index (Phi) is 4.64. The molecule has 1 aliphatic rings. The highest BCUT2D eigenvalue weighted by molar-refractivity contribution is 6.05. The van der Waals surface area contributed by atoms with E-state index in [0.29, 0.717) is 5.92 Å². The van der Waals surface area contributed by atoms with Gasteiger partial charge in [-0.25, -0.2) is 0 Å². The molecule has 5 rings (SSSR count). The van der Waals surface area contributed by atoms with Crippen LogP contribution in [0.2, 0.25) is 0 Å². The van der Waals surface area contributed by atoms with Crippen LogP contribution in [-0.4, -0.2) is 0 Å². The topological polar surface area (TPSA) is 13.1 Å². The molecule has 0 saturated carbocycles. The molecule has 0 aliphatic carbocycles. The molecule has 3 aromatic carbocycles. The number of rotatable bonds is 2. The van der Waals surface area contributed by atoms with Crippen LogP contribution >= 0.6 is 0 Å². The molecule has 1 aromatic heterocycles. The van der Waals surface area contributed by atoms with Crippen LogP contribution in [0.5, 0.6) is 11.5 Å². The summed E-state index contributed by atoms with van der Waals surface area (Å²) < 4.78 is 8.98. The van der Waals surface area contributed by atoms with E-state index in [1.165, 1.54) is 55.2 Å². The Morgan fingerprint density at radius 2 is 1.66 bits per heavy atom. The summed E-state index contributed by atoms with van der Waals surface area (Å²) in [6.45, 7) is 15.8. The van der Waals surface area contributed by atoms with E-state index in [2.05, 4.69) is 103 Å². The third-order valence-electron chi connectivity index (χ3n) is 6.99. The van der Waals surface area contributed by atoms with Crippen molar-refractivity contribution in [3.8, 4) is 22.8 Å². The van der Waals surface area contributed by atoms with Crippen LogP contribution < -0.4 is 9.30 Å². The van der Waals surface area contributed by atoms with Gasteiger partial charge in [-0.2, -0.15) is 4.57 Å². The number of benzene rings is 3. The summed E-state index contributed by atoms with van der Waals surface area (Å²) in [5.74, 6) is 2.56. The molecule has 1 aliphatic heterocycles. The smallest absolute Gasteiger partial charge is 0.256 e. The van der Waals surface area contributed by atoms with Gasteiger partial charge >= 0.3 is 0 Å². The molecule has 164 valence electrons. The maximum Gasteiger partial charge on any atom is 0.256 e. The SMILES string of the molecule is Cc1cc2cc(CC(C)C)cc3c2c(c1C)-c1c(cc2cc(C(C)(C)C)ccc2[n+]1C)O3. The van der Waals surface area contributed by atoms with Crippen LogP contribution in [0.15, 0.2) is 42.5 Å². The van der Waals surface area contributed by atoms with Gasteiger partial charge in [0.15, 0.2) is 5.75 Å². The fraction of sp³-hybridized carbons (Fsp3) is 0.367. The van der Waals surface area contributed by atoms with Crippen molar-refractivity contribution in [2.45, 2.75) is 60.3 Å². The average molecular weight is 425 g/mol. The molecule has 2 heteroatoms. The van der Waals surface area contributed by atoms with Crippen molar-refractivity contribution in [3.05, 3.63) is 64.7 Å². The maximum absolute atomic E-state index is 6.66. The second-order valence-corrected chi connectivity index (χ2v) is 11.0. The number of fused-ring (bicyclic) bond motifs is 3. The molecule has 0 spiro atoms. The quantitative estimate of drug-likeness (QED) is 0.265. The zero-order chi connectivity index (χ0) is 22.9. The van der Waals surface area contributed by atoms with E-state index in [-0.39, 0.29) is 5.41 Å². The Bertz CT molecular complexity index is 1400. The van der Waals surface area contributed by atoms with Gasteiger partial charge in [0, 0.05) is 17.5 Å². The van der Waals surface area contributed by atoms with Crippen LogP contribution in [0.25, 0.3) is 32.9 Å². The molecule has 0 radical (unpaired) electrons. The first-order valence-corrected chi connectivity index (χ1v) is 11.8. The van der Waals surface area contributed by atoms with Gasteiger partial charge in [-0.1, -0.05) is 52.8 Å². The summed E-state index contributed by atoms with van der Waals surface area (Å²) in [7, 11) is 2.17. The summed E-state index contributed by atoms with van der Waals surface area (Å²) in [6, 6.07) is 16.0. The average Bonchev–Trinajstić information content (AvgIpc) is 2.69. The summed E-state index contributed by atoms with van der Waals surface area (Å²) in [6.07, 6.45) is 1.06. The third kappa shape index (κ3) is 3.20. The standard InChI is InChI=1S/C30H34NO/c1-17(2)11-20-13-22-12-18(3)19(4)27-28(22)25(14-20)32-26-16-21-15-23(30(5,6)7)9-10-24(21)31(8)29(26)27/h9-10,12-17H,11H2,1-8H3/q+1. The molecule has 0 saturated heterocycles. The lowest BCUT2D eigenvalue weighted by molar-refractivity contribution is -0.633. The minimum Gasteiger partial charge on any atom is -0.450 e. The zero-order valence-electron chi connectivity index (χ0n) is 20.7.